The van der Waals surface area contributed by atoms with Crippen LogP contribution in [0.25, 0.3) is 10.9 Å². The number of nitrogens with two attached hydrogens (primary N) is 1. The number of fused-ring (bicyclic) bond motifs is 1. The van der Waals surface area contributed by atoms with Crippen LogP contribution in [0.5, 0.6) is 0 Å². The first kappa shape index (κ1) is 13.8. The molecule has 1 aromatic carbocycles. The van der Waals surface area contributed by atoms with Gasteiger partial charge in [-0.1, -0.05) is 25.1 Å². The first-order valence-electron chi connectivity index (χ1n) is 7.02. The summed E-state index contributed by atoms with van der Waals surface area (Å²) < 4.78 is 0. The van der Waals surface area contributed by atoms with Crippen LogP contribution in [-0.2, 0) is 6.54 Å². The zero-order valence-electron chi connectivity index (χ0n) is 12.1. The van der Waals surface area contributed by atoms with Crippen LogP contribution in [0.4, 0.5) is 5.82 Å². The molecule has 2 N–H and O–H groups in total. The maximum Gasteiger partial charge on any atom is 0.134 e. The summed E-state index contributed by atoms with van der Waals surface area (Å²) in [4.78, 5) is 7.17. The SMILES string of the molecule is CCCN(c1nc2ccccc2cc1CN)C(C)C. The van der Waals surface area contributed by atoms with Crippen molar-refractivity contribution in [1.82, 2.24) is 4.98 Å². The molecule has 0 amide bonds. The Hall–Kier alpha value is -1.61. The maximum absolute atomic E-state index is 5.91. The van der Waals surface area contributed by atoms with Crippen LogP contribution in [0.2, 0.25) is 0 Å². The highest BCUT2D eigenvalue weighted by Crippen LogP contribution is 2.25. The van der Waals surface area contributed by atoms with Gasteiger partial charge in [-0.05, 0) is 32.4 Å². The molecular formula is C16H23N3. The number of hydrogen-bond donors (Lipinski definition) is 1. The van der Waals surface area contributed by atoms with Crippen LogP contribution in [-0.4, -0.2) is 17.6 Å². The van der Waals surface area contributed by atoms with Gasteiger partial charge in [-0.15, -0.1) is 0 Å². The predicted molar refractivity (Wildman–Crippen MR) is 82.4 cm³/mol. The zero-order chi connectivity index (χ0) is 13.8. The van der Waals surface area contributed by atoms with Crippen LogP contribution in [0, 0.1) is 0 Å². The van der Waals surface area contributed by atoms with Crippen molar-refractivity contribution in [1.29, 1.82) is 0 Å². The molecule has 0 atom stereocenters. The summed E-state index contributed by atoms with van der Waals surface area (Å²) >= 11 is 0. The van der Waals surface area contributed by atoms with Gasteiger partial charge in [0.2, 0.25) is 0 Å². The molecule has 1 heterocycles. The minimum Gasteiger partial charge on any atom is -0.354 e. The molecule has 3 heteroatoms. The molecule has 0 spiro atoms. The van der Waals surface area contributed by atoms with Gasteiger partial charge in [-0.3, -0.25) is 0 Å². The van der Waals surface area contributed by atoms with Gasteiger partial charge in [0.25, 0.3) is 0 Å². The Morgan fingerprint density at radius 1 is 1.26 bits per heavy atom. The van der Waals surface area contributed by atoms with Gasteiger partial charge in [0.05, 0.1) is 5.52 Å². The van der Waals surface area contributed by atoms with Crippen molar-refractivity contribution in [2.24, 2.45) is 5.73 Å². The summed E-state index contributed by atoms with van der Waals surface area (Å²) in [6.07, 6.45) is 1.11. The van der Waals surface area contributed by atoms with Crippen LogP contribution >= 0.6 is 0 Å². The Balaban J connectivity index is 2.55. The summed E-state index contributed by atoms with van der Waals surface area (Å²) in [6, 6.07) is 10.8. The highest BCUT2D eigenvalue weighted by molar-refractivity contribution is 5.81. The summed E-state index contributed by atoms with van der Waals surface area (Å²) in [5.41, 5.74) is 8.07. The second-order valence-electron chi connectivity index (χ2n) is 5.16. The van der Waals surface area contributed by atoms with Gasteiger partial charge in [-0.2, -0.15) is 0 Å². The maximum atomic E-state index is 5.91. The Morgan fingerprint density at radius 3 is 2.63 bits per heavy atom. The van der Waals surface area contributed by atoms with E-state index >= 15 is 0 Å². The van der Waals surface area contributed by atoms with Crippen molar-refractivity contribution >= 4 is 16.7 Å². The van der Waals surface area contributed by atoms with Crippen LogP contribution < -0.4 is 10.6 Å². The lowest BCUT2D eigenvalue weighted by Gasteiger charge is -2.29. The van der Waals surface area contributed by atoms with E-state index in [1.807, 2.05) is 12.1 Å². The quantitative estimate of drug-likeness (QED) is 0.893. The lowest BCUT2D eigenvalue weighted by atomic mass is 10.1. The lowest BCUT2D eigenvalue weighted by molar-refractivity contribution is 0.659. The number of nitrogens with zero attached hydrogens (tertiary/aromatic N) is 2. The molecule has 0 aliphatic carbocycles. The molecule has 0 bridgehead atoms. The summed E-state index contributed by atoms with van der Waals surface area (Å²) in [5, 5.41) is 1.16. The first-order chi connectivity index (χ1) is 9.17. The molecule has 0 saturated carbocycles. The van der Waals surface area contributed by atoms with Gasteiger partial charge in [0.1, 0.15) is 5.82 Å². The van der Waals surface area contributed by atoms with Crippen molar-refractivity contribution in [2.75, 3.05) is 11.4 Å². The monoisotopic (exact) mass is 257 g/mol. The van der Waals surface area contributed by atoms with Gasteiger partial charge < -0.3 is 10.6 Å². The number of rotatable bonds is 5. The minimum atomic E-state index is 0.430. The Bertz CT molecular complexity index is 549. The smallest absolute Gasteiger partial charge is 0.134 e. The number of hydrogen-bond acceptors (Lipinski definition) is 3. The van der Waals surface area contributed by atoms with E-state index in [-0.39, 0.29) is 0 Å². The number of anilines is 1. The third-order valence-corrected chi connectivity index (χ3v) is 3.36. The molecule has 102 valence electrons. The van der Waals surface area contributed by atoms with E-state index in [9.17, 15) is 0 Å². The Morgan fingerprint density at radius 2 is 2.00 bits per heavy atom. The number of pyridine rings is 1. The van der Waals surface area contributed by atoms with Crippen LogP contribution in [0.3, 0.4) is 0 Å². The average Bonchev–Trinajstić information content (AvgIpc) is 2.43. The van der Waals surface area contributed by atoms with E-state index in [1.165, 1.54) is 0 Å². The van der Waals surface area contributed by atoms with E-state index < -0.39 is 0 Å². The van der Waals surface area contributed by atoms with Crippen molar-refractivity contribution in [3.05, 3.63) is 35.9 Å². The van der Waals surface area contributed by atoms with Crippen LogP contribution in [0.15, 0.2) is 30.3 Å². The third kappa shape index (κ3) is 2.87. The molecule has 2 aromatic rings. The van der Waals surface area contributed by atoms with Gasteiger partial charge in [-0.25, -0.2) is 4.98 Å². The van der Waals surface area contributed by atoms with E-state index in [4.69, 9.17) is 10.7 Å². The Labute approximate surface area is 115 Å². The fourth-order valence-electron chi connectivity index (χ4n) is 2.40. The molecule has 3 nitrogen and oxygen atoms in total. The largest absolute Gasteiger partial charge is 0.354 e. The van der Waals surface area contributed by atoms with Crippen LogP contribution in [0.1, 0.15) is 32.8 Å². The molecular weight excluding hydrogens is 234 g/mol. The number of para-hydroxylation sites is 1. The summed E-state index contributed by atoms with van der Waals surface area (Å²) in [7, 11) is 0. The molecule has 1 aromatic heterocycles. The molecule has 0 aliphatic rings. The van der Waals surface area contributed by atoms with Gasteiger partial charge in [0, 0.05) is 30.1 Å². The van der Waals surface area contributed by atoms with E-state index in [1.54, 1.807) is 0 Å². The second-order valence-corrected chi connectivity index (χ2v) is 5.16. The number of aromatic nitrogens is 1. The van der Waals surface area contributed by atoms with Gasteiger partial charge >= 0.3 is 0 Å². The molecule has 0 fully saturated rings. The zero-order valence-corrected chi connectivity index (χ0v) is 12.1. The molecule has 2 rings (SSSR count). The third-order valence-electron chi connectivity index (χ3n) is 3.36. The normalized spacial score (nSPS) is 11.2. The number of benzene rings is 1. The molecule has 0 unspecified atom stereocenters. The average molecular weight is 257 g/mol. The predicted octanol–water partition coefficient (Wildman–Crippen LogP) is 3.32. The topological polar surface area (TPSA) is 42.2 Å². The first-order valence-corrected chi connectivity index (χ1v) is 7.02. The second kappa shape index (κ2) is 6.02. The molecule has 0 saturated heterocycles. The highest BCUT2D eigenvalue weighted by Gasteiger charge is 2.15. The van der Waals surface area contributed by atoms with Gasteiger partial charge in [0.15, 0.2) is 0 Å². The van der Waals surface area contributed by atoms with Crippen molar-refractivity contribution in [3.63, 3.8) is 0 Å². The summed E-state index contributed by atoms with van der Waals surface area (Å²) in [5.74, 6) is 1.04. The van der Waals surface area contributed by atoms with Crippen molar-refractivity contribution in [3.8, 4) is 0 Å². The van der Waals surface area contributed by atoms with Crippen molar-refractivity contribution < 1.29 is 0 Å². The van der Waals surface area contributed by atoms with E-state index in [0.717, 1.165) is 35.2 Å². The fourth-order valence-corrected chi connectivity index (χ4v) is 2.40. The molecule has 19 heavy (non-hydrogen) atoms. The Kier molecular flexibility index (Phi) is 4.38. The highest BCUT2D eigenvalue weighted by atomic mass is 15.2. The lowest BCUT2D eigenvalue weighted by Crippen LogP contribution is -2.33. The van der Waals surface area contributed by atoms with E-state index in [0.29, 0.717) is 12.6 Å². The molecule has 0 radical (unpaired) electrons. The summed E-state index contributed by atoms with van der Waals surface area (Å²) in [6.45, 7) is 8.13. The van der Waals surface area contributed by atoms with E-state index in [2.05, 4.69) is 43.9 Å². The minimum absolute atomic E-state index is 0.430. The van der Waals surface area contributed by atoms with Crippen molar-refractivity contribution in [2.45, 2.75) is 39.8 Å². The standard InChI is InChI=1S/C16H23N3/c1-4-9-19(12(2)3)16-14(11-17)10-13-7-5-6-8-15(13)18-16/h5-8,10,12H,4,9,11,17H2,1-3H3. The molecule has 0 aliphatic heterocycles. The fraction of sp³-hybridized carbons (Fsp3) is 0.438.